The molecular formula is C18H23NO3. The van der Waals surface area contributed by atoms with Crippen LogP contribution in [0.2, 0.25) is 0 Å². The van der Waals surface area contributed by atoms with Gasteiger partial charge in [0.2, 0.25) is 0 Å². The predicted molar refractivity (Wildman–Crippen MR) is 86.2 cm³/mol. The lowest BCUT2D eigenvalue weighted by Crippen LogP contribution is -2.40. The van der Waals surface area contributed by atoms with E-state index in [4.69, 9.17) is 4.74 Å². The highest BCUT2D eigenvalue weighted by molar-refractivity contribution is 5.89. The van der Waals surface area contributed by atoms with Crippen molar-refractivity contribution >= 4 is 18.0 Å². The van der Waals surface area contributed by atoms with Crippen LogP contribution >= 0.6 is 0 Å². The number of likely N-dealkylation sites (tertiary alicyclic amines) is 1. The maximum atomic E-state index is 11.9. The number of piperidine rings is 1. The Morgan fingerprint density at radius 1 is 1.23 bits per heavy atom. The van der Waals surface area contributed by atoms with Gasteiger partial charge in [0.25, 0.3) is 5.91 Å². The fraction of sp³-hybridized carbons (Fsp3) is 0.444. The molecule has 0 unspecified atom stereocenters. The summed E-state index contributed by atoms with van der Waals surface area (Å²) in [6, 6.07) is 7.82. The van der Waals surface area contributed by atoms with Gasteiger partial charge in [-0.3, -0.25) is 4.79 Å². The zero-order valence-corrected chi connectivity index (χ0v) is 13.2. The molecule has 0 aromatic heterocycles. The Hall–Kier alpha value is -2.10. The molecule has 1 amide bonds. The monoisotopic (exact) mass is 301 g/mol. The van der Waals surface area contributed by atoms with Crippen LogP contribution in [-0.2, 0) is 14.3 Å². The molecule has 1 saturated heterocycles. The molecule has 2 rings (SSSR count). The van der Waals surface area contributed by atoms with Gasteiger partial charge in [-0.15, -0.1) is 0 Å². The van der Waals surface area contributed by atoms with E-state index < -0.39 is 5.97 Å². The number of carbonyl (C=O) groups excluding carboxylic acids is 2. The second-order valence-corrected chi connectivity index (χ2v) is 5.92. The van der Waals surface area contributed by atoms with E-state index in [-0.39, 0.29) is 12.5 Å². The van der Waals surface area contributed by atoms with Crippen LogP contribution in [0, 0.1) is 12.8 Å². The van der Waals surface area contributed by atoms with Gasteiger partial charge in [0, 0.05) is 19.2 Å². The summed E-state index contributed by atoms with van der Waals surface area (Å²) >= 11 is 0. The summed E-state index contributed by atoms with van der Waals surface area (Å²) in [5.74, 6) is 0.0762. The van der Waals surface area contributed by atoms with Gasteiger partial charge in [0.15, 0.2) is 6.61 Å². The SMILES string of the molecule is Cc1ccc(/C=C/C(=O)OCC(=O)N2CCC(C)CC2)cc1. The van der Waals surface area contributed by atoms with Gasteiger partial charge in [-0.1, -0.05) is 36.8 Å². The molecule has 0 aliphatic carbocycles. The molecule has 1 heterocycles. The molecule has 1 aliphatic heterocycles. The Morgan fingerprint density at radius 2 is 1.86 bits per heavy atom. The quantitative estimate of drug-likeness (QED) is 0.634. The molecule has 1 aromatic carbocycles. The van der Waals surface area contributed by atoms with Crippen LogP contribution in [0.25, 0.3) is 6.08 Å². The van der Waals surface area contributed by atoms with E-state index in [1.165, 1.54) is 11.6 Å². The van der Waals surface area contributed by atoms with Crippen molar-refractivity contribution in [2.75, 3.05) is 19.7 Å². The third-order valence-electron chi connectivity index (χ3n) is 3.96. The number of hydrogen-bond donors (Lipinski definition) is 0. The molecule has 0 radical (unpaired) electrons. The van der Waals surface area contributed by atoms with E-state index in [1.54, 1.807) is 11.0 Å². The van der Waals surface area contributed by atoms with Crippen molar-refractivity contribution in [2.45, 2.75) is 26.7 Å². The van der Waals surface area contributed by atoms with E-state index in [0.29, 0.717) is 5.92 Å². The van der Waals surface area contributed by atoms with Gasteiger partial charge in [0.05, 0.1) is 0 Å². The molecule has 22 heavy (non-hydrogen) atoms. The number of nitrogens with zero attached hydrogens (tertiary/aromatic N) is 1. The molecule has 1 fully saturated rings. The number of hydrogen-bond acceptors (Lipinski definition) is 3. The van der Waals surface area contributed by atoms with Crippen molar-refractivity contribution in [3.63, 3.8) is 0 Å². The fourth-order valence-corrected chi connectivity index (χ4v) is 2.37. The van der Waals surface area contributed by atoms with Gasteiger partial charge in [-0.25, -0.2) is 4.79 Å². The van der Waals surface area contributed by atoms with E-state index in [0.717, 1.165) is 31.5 Å². The lowest BCUT2D eigenvalue weighted by atomic mass is 9.99. The van der Waals surface area contributed by atoms with Crippen LogP contribution < -0.4 is 0 Å². The molecule has 1 aliphatic rings. The maximum absolute atomic E-state index is 11.9. The van der Waals surface area contributed by atoms with Gasteiger partial charge in [0.1, 0.15) is 0 Å². The summed E-state index contributed by atoms with van der Waals surface area (Å²) in [6.07, 6.45) is 5.09. The topological polar surface area (TPSA) is 46.6 Å². The van der Waals surface area contributed by atoms with Gasteiger partial charge in [-0.05, 0) is 37.3 Å². The standard InChI is InChI=1S/C18H23NO3/c1-14-3-5-16(6-4-14)7-8-18(21)22-13-17(20)19-11-9-15(2)10-12-19/h3-8,15H,9-13H2,1-2H3/b8-7+. The Labute approximate surface area is 131 Å². The zero-order chi connectivity index (χ0) is 15.9. The number of esters is 1. The first-order valence-electron chi connectivity index (χ1n) is 7.74. The van der Waals surface area contributed by atoms with E-state index in [2.05, 4.69) is 6.92 Å². The number of benzene rings is 1. The van der Waals surface area contributed by atoms with Gasteiger partial charge in [-0.2, -0.15) is 0 Å². The normalized spacial score (nSPS) is 16.0. The Balaban J connectivity index is 1.75. The first-order chi connectivity index (χ1) is 10.5. The molecule has 0 bridgehead atoms. The molecule has 4 heteroatoms. The third-order valence-corrected chi connectivity index (χ3v) is 3.96. The van der Waals surface area contributed by atoms with Gasteiger partial charge >= 0.3 is 5.97 Å². The third kappa shape index (κ3) is 5.02. The minimum Gasteiger partial charge on any atom is -0.452 e. The minimum atomic E-state index is -0.487. The van der Waals surface area contributed by atoms with Crippen LogP contribution in [0.3, 0.4) is 0 Å². The van der Waals surface area contributed by atoms with Crippen molar-refractivity contribution in [1.82, 2.24) is 4.90 Å². The van der Waals surface area contributed by atoms with Crippen LogP contribution in [0.15, 0.2) is 30.3 Å². The first kappa shape index (κ1) is 16.3. The number of amides is 1. The minimum absolute atomic E-state index is 0.107. The average Bonchev–Trinajstić information content (AvgIpc) is 2.52. The van der Waals surface area contributed by atoms with Crippen LogP contribution in [0.5, 0.6) is 0 Å². The first-order valence-corrected chi connectivity index (χ1v) is 7.74. The Kier molecular flexibility index (Phi) is 5.75. The van der Waals surface area contributed by atoms with Crippen molar-refractivity contribution in [3.8, 4) is 0 Å². The number of rotatable bonds is 4. The average molecular weight is 301 g/mol. The van der Waals surface area contributed by atoms with Crippen molar-refractivity contribution in [3.05, 3.63) is 41.5 Å². The molecule has 0 saturated carbocycles. The smallest absolute Gasteiger partial charge is 0.331 e. The predicted octanol–water partition coefficient (Wildman–Crippen LogP) is 2.81. The Bertz CT molecular complexity index is 540. The van der Waals surface area contributed by atoms with Crippen molar-refractivity contribution < 1.29 is 14.3 Å². The number of carbonyl (C=O) groups is 2. The van der Waals surface area contributed by atoms with E-state index in [1.807, 2.05) is 31.2 Å². The molecule has 0 spiro atoms. The maximum Gasteiger partial charge on any atom is 0.331 e. The Morgan fingerprint density at radius 3 is 2.50 bits per heavy atom. The summed E-state index contributed by atoms with van der Waals surface area (Å²) in [5, 5.41) is 0. The molecule has 1 aromatic rings. The van der Waals surface area contributed by atoms with Crippen LogP contribution in [0.4, 0.5) is 0 Å². The summed E-state index contributed by atoms with van der Waals surface area (Å²) in [6.45, 7) is 5.55. The largest absolute Gasteiger partial charge is 0.452 e. The van der Waals surface area contributed by atoms with Crippen molar-refractivity contribution in [2.24, 2.45) is 5.92 Å². The lowest BCUT2D eigenvalue weighted by Gasteiger charge is -2.30. The highest BCUT2D eigenvalue weighted by Crippen LogP contribution is 2.15. The molecule has 0 N–H and O–H groups in total. The van der Waals surface area contributed by atoms with Crippen LogP contribution in [-0.4, -0.2) is 36.5 Å². The fourth-order valence-electron chi connectivity index (χ4n) is 2.37. The highest BCUT2D eigenvalue weighted by Gasteiger charge is 2.20. The lowest BCUT2D eigenvalue weighted by molar-refractivity contribution is -0.148. The number of ether oxygens (including phenoxy) is 1. The summed E-state index contributed by atoms with van der Waals surface area (Å²) < 4.78 is 5.01. The molecular weight excluding hydrogens is 278 g/mol. The van der Waals surface area contributed by atoms with Crippen LogP contribution in [0.1, 0.15) is 30.9 Å². The van der Waals surface area contributed by atoms with E-state index in [9.17, 15) is 9.59 Å². The highest BCUT2D eigenvalue weighted by atomic mass is 16.5. The summed E-state index contributed by atoms with van der Waals surface area (Å²) in [5.41, 5.74) is 2.10. The summed E-state index contributed by atoms with van der Waals surface area (Å²) in [4.78, 5) is 25.4. The second-order valence-electron chi connectivity index (χ2n) is 5.92. The van der Waals surface area contributed by atoms with Crippen molar-refractivity contribution in [1.29, 1.82) is 0 Å². The molecule has 4 nitrogen and oxygen atoms in total. The second kappa shape index (κ2) is 7.78. The molecule has 0 atom stereocenters. The van der Waals surface area contributed by atoms with Gasteiger partial charge < -0.3 is 9.64 Å². The molecule has 118 valence electrons. The van der Waals surface area contributed by atoms with E-state index >= 15 is 0 Å². The zero-order valence-electron chi connectivity index (χ0n) is 13.2. The summed E-state index contributed by atoms with van der Waals surface area (Å²) in [7, 11) is 0. The number of aryl methyl sites for hydroxylation is 1.